The average Bonchev–Trinajstić information content (AvgIpc) is 2.46. The molecule has 7 heteroatoms. The van der Waals surface area contributed by atoms with E-state index in [9.17, 15) is 13.2 Å². The molecule has 0 aliphatic heterocycles. The monoisotopic (exact) mass is 319 g/mol. The van der Waals surface area contributed by atoms with Crippen molar-refractivity contribution in [2.75, 3.05) is 0 Å². The number of primary sulfonamides is 1. The molecule has 116 valence electrons. The van der Waals surface area contributed by atoms with Crippen LogP contribution in [0.25, 0.3) is 0 Å². The molecule has 6 nitrogen and oxygen atoms in total. The summed E-state index contributed by atoms with van der Waals surface area (Å²) < 4.78 is 22.4. The lowest BCUT2D eigenvalue weighted by Crippen LogP contribution is -2.27. The van der Waals surface area contributed by atoms with Gasteiger partial charge in [-0.05, 0) is 43.7 Å². The molecule has 2 rings (SSSR count). The van der Waals surface area contributed by atoms with Gasteiger partial charge in [0.25, 0.3) is 5.91 Å². The van der Waals surface area contributed by atoms with E-state index in [2.05, 4.69) is 10.3 Å². The highest BCUT2D eigenvalue weighted by molar-refractivity contribution is 7.89. The minimum atomic E-state index is -3.71. The molecule has 0 radical (unpaired) electrons. The number of carbonyl (C=O) groups excluding carboxylic acids is 1. The van der Waals surface area contributed by atoms with Crippen molar-refractivity contribution in [1.82, 2.24) is 10.3 Å². The van der Waals surface area contributed by atoms with Crippen LogP contribution in [0.5, 0.6) is 0 Å². The maximum Gasteiger partial charge on any atom is 0.270 e. The summed E-state index contributed by atoms with van der Waals surface area (Å²) in [6.45, 7) is 3.62. The van der Waals surface area contributed by atoms with Crippen LogP contribution in [0.4, 0.5) is 0 Å². The van der Waals surface area contributed by atoms with Crippen LogP contribution in [0.2, 0.25) is 0 Å². The quantitative estimate of drug-likeness (QED) is 0.892. The predicted molar refractivity (Wildman–Crippen MR) is 82.7 cm³/mol. The molecule has 0 bridgehead atoms. The van der Waals surface area contributed by atoms with Crippen LogP contribution in [-0.4, -0.2) is 19.3 Å². The number of pyridine rings is 1. The van der Waals surface area contributed by atoms with Crippen molar-refractivity contribution in [3.63, 3.8) is 0 Å². The highest BCUT2D eigenvalue weighted by atomic mass is 32.2. The van der Waals surface area contributed by atoms with Crippen LogP contribution in [0.15, 0.2) is 47.4 Å². The molecule has 1 aromatic carbocycles. The van der Waals surface area contributed by atoms with E-state index < -0.39 is 10.0 Å². The van der Waals surface area contributed by atoms with E-state index >= 15 is 0 Å². The summed E-state index contributed by atoms with van der Waals surface area (Å²) in [7, 11) is -3.71. The van der Waals surface area contributed by atoms with Gasteiger partial charge in [0, 0.05) is 5.69 Å². The Labute approximate surface area is 129 Å². The van der Waals surface area contributed by atoms with Gasteiger partial charge in [-0.25, -0.2) is 18.5 Å². The second kappa shape index (κ2) is 6.25. The molecule has 1 amide bonds. The third-order valence-corrected chi connectivity index (χ3v) is 4.11. The van der Waals surface area contributed by atoms with Crippen molar-refractivity contribution < 1.29 is 13.2 Å². The Hall–Kier alpha value is -2.25. The van der Waals surface area contributed by atoms with E-state index in [1.54, 1.807) is 31.2 Å². The summed E-state index contributed by atoms with van der Waals surface area (Å²) >= 11 is 0. The normalized spacial score (nSPS) is 12.7. The van der Waals surface area contributed by atoms with Crippen molar-refractivity contribution in [3.05, 3.63) is 59.4 Å². The number of aromatic nitrogens is 1. The summed E-state index contributed by atoms with van der Waals surface area (Å²) in [5.74, 6) is -0.285. The third kappa shape index (κ3) is 3.90. The Morgan fingerprint density at radius 1 is 1.18 bits per heavy atom. The Morgan fingerprint density at radius 3 is 2.36 bits per heavy atom. The number of sulfonamides is 1. The maximum absolute atomic E-state index is 12.1. The number of nitrogens with two attached hydrogens (primary N) is 1. The number of benzene rings is 1. The van der Waals surface area contributed by atoms with Crippen LogP contribution in [0.1, 0.15) is 34.7 Å². The molecule has 0 saturated carbocycles. The van der Waals surface area contributed by atoms with E-state index in [-0.39, 0.29) is 16.8 Å². The lowest BCUT2D eigenvalue weighted by Gasteiger charge is -2.14. The Morgan fingerprint density at radius 2 is 1.82 bits per heavy atom. The minimum Gasteiger partial charge on any atom is -0.344 e. The second-order valence-corrected chi connectivity index (χ2v) is 6.53. The highest BCUT2D eigenvalue weighted by Gasteiger charge is 2.14. The molecule has 22 heavy (non-hydrogen) atoms. The molecule has 0 spiro atoms. The van der Waals surface area contributed by atoms with Crippen molar-refractivity contribution in [3.8, 4) is 0 Å². The minimum absolute atomic E-state index is 0.0372. The molecule has 2 aromatic rings. The second-order valence-electron chi connectivity index (χ2n) is 4.97. The number of amides is 1. The van der Waals surface area contributed by atoms with Crippen LogP contribution in [0, 0.1) is 6.92 Å². The Bertz CT molecular complexity index is 786. The largest absolute Gasteiger partial charge is 0.344 e. The van der Waals surface area contributed by atoms with Crippen LogP contribution in [0.3, 0.4) is 0 Å². The van der Waals surface area contributed by atoms with E-state index in [0.29, 0.717) is 5.69 Å². The fourth-order valence-electron chi connectivity index (χ4n) is 1.97. The molecule has 0 aliphatic carbocycles. The third-order valence-electron chi connectivity index (χ3n) is 3.18. The van der Waals surface area contributed by atoms with Crippen molar-refractivity contribution >= 4 is 15.9 Å². The molecule has 1 aromatic heterocycles. The van der Waals surface area contributed by atoms with Gasteiger partial charge in [-0.15, -0.1) is 0 Å². The molecule has 0 unspecified atom stereocenters. The molecule has 0 fully saturated rings. The number of nitrogens with zero attached hydrogens (tertiary/aromatic N) is 1. The van der Waals surface area contributed by atoms with Crippen LogP contribution < -0.4 is 10.5 Å². The number of aryl methyl sites for hydroxylation is 1. The molecule has 0 saturated heterocycles. The summed E-state index contributed by atoms with van der Waals surface area (Å²) in [5.41, 5.74) is 1.87. The molecule has 3 N–H and O–H groups in total. The van der Waals surface area contributed by atoms with Gasteiger partial charge >= 0.3 is 0 Å². The van der Waals surface area contributed by atoms with Gasteiger partial charge in [0.15, 0.2) is 0 Å². The van der Waals surface area contributed by atoms with Gasteiger partial charge in [-0.1, -0.05) is 18.2 Å². The van der Waals surface area contributed by atoms with Crippen molar-refractivity contribution in [2.24, 2.45) is 5.14 Å². The molecular weight excluding hydrogens is 302 g/mol. The highest BCUT2D eigenvalue weighted by Crippen LogP contribution is 2.16. The lowest BCUT2D eigenvalue weighted by atomic mass is 10.1. The van der Waals surface area contributed by atoms with Crippen molar-refractivity contribution in [2.45, 2.75) is 24.8 Å². The Kier molecular flexibility index (Phi) is 4.58. The van der Waals surface area contributed by atoms with Gasteiger partial charge in [-0.3, -0.25) is 4.79 Å². The smallest absolute Gasteiger partial charge is 0.270 e. The summed E-state index contributed by atoms with van der Waals surface area (Å²) in [6.07, 6.45) is 0. The van der Waals surface area contributed by atoms with E-state index in [1.807, 2.05) is 13.0 Å². The van der Waals surface area contributed by atoms with Gasteiger partial charge < -0.3 is 5.32 Å². The molecule has 1 atom stereocenters. The molecule has 1 heterocycles. The van der Waals surface area contributed by atoms with Crippen LogP contribution in [-0.2, 0) is 10.0 Å². The Balaban J connectivity index is 2.12. The fourth-order valence-corrected chi connectivity index (χ4v) is 2.49. The number of nitrogens with one attached hydrogen (secondary N) is 1. The standard InChI is InChI=1S/C15H17N3O3S/c1-10-4-3-5-14(17-10)15(19)18-11(2)12-6-8-13(9-7-12)22(16,20)21/h3-9,11H,1-2H3,(H,18,19)(H2,16,20,21)/t11-/m1/s1. The predicted octanol–water partition coefficient (Wildman–Crippen LogP) is 1.53. The number of rotatable bonds is 4. The van der Waals surface area contributed by atoms with Gasteiger partial charge in [0.1, 0.15) is 5.69 Å². The fraction of sp³-hybridized carbons (Fsp3) is 0.200. The first-order chi connectivity index (χ1) is 10.3. The zero-order valence-electron chi connectivity index (χ0n) is 12.3. The maximum atomic E-state index is 12.1. The van der Waals surface area contributed by atoms with E-state index in [1.165, 1.54) is 12.1 Å². The summed E-state index contributed by atoms with van der Waals surface area (Å²) in [6, 6.07) is 11.0. The van der Waals surface area contributed by atoms with Crippen LogP contribution >= 0.6 is 0 Å². The van der Waals surface area contributed by atoms with Gasteiger partial charge in [0.2, 0.25) is 10.0 Å². The molecular formula is C15H17N3O3S. The zero-order chi connectivity index (χ0) is 16.3. The SMILES string of the molecule is Cc1cccc(C(=O)N[C@H](C)c2ccc(S(N)(=O)=O)cc2)n1. The van der Waals surface area contributed by atoms with E-state index in [4.69, 9.17) is 5.14 Å². The first kappa shape index (κ1) is 16.1. The summed E-state index contributed by atoms with van der Waals surface area (Å²) in [4.78, 5) is 16.3. The number of hydrogen-bond acceptors (Lipinski definition) is 4. The van der Waals surface area contributed by atoms with Crippen molar-refractivity contribution in [1.29, 1.82) is 0 Å². The lowest BCUT2D eigenvalue weighted by molar-refractivity contribution is 0.0934. The van der Waals surface area contributed by atoms with E-state index in [0.717, 1.165) is 11.3 Å². The zero-order valence-corrected chi connectivity index (χ0v) is 13.1. The first-order valence-electron chi connectivity index (χ1n) is 6.64. The van der Waals surface area contributed by atoms with Gasteiger partial charge in [-0.2, -0.15) is 0 Å². The topological polar surface area (TPSA) is 102 Å². The summed E-state index contributed by atoms with van der Waals surface area (Å²) in [5, 5.41) is 7.86. The van der Waals surface area contributed by atoms with Gasteiger partial charge in [0.05, 0.1) is 10.9 Å². The first-order valence-corrected chi connectivity index (χ1v) is 8.19. The number of hydrogen-bond donors (Lipinski definition) is 2. The number of carbonyl (C=O) groups is 1. The average molecular weight is 319 g/mol. The molecule has 0 aliphatic rings.